The molecule has 2 heterocycles. The summed E-state index contributed by atoms with van der Waals surface area (Å²) in [6.07, 6.45) is 1.30. The lowest BCUT2D eigenvalue weighted by molar-refractivity contribution is -0.143. The van der Waals surface area contributed by atoms with Crippen LogP contribution in [0.5, 0.6) is 0 Å². The number of alkyl carbamates (subject to hydrolysis) is 1. The summed E-state index contributed by atoms with van der Waals surface area (Å²) in [7, 11) is -4.10. The van der Waals surface area contributed by atoms with E-state index in [1.54, 1.807) is 47.6 Å². The summed E-state index contributed by atoms with van der Waals surface area (Å²) in [5, 5.41) is 10.1. The van der Waals surface area contributed by atoms with Gasteiger partial charge in [-0.15, -0.1) is 6.58 Å². The van der Waals surface area contributed by atoms with Crippen LogP contribution in [-0.2, 0) is 34.2 Å². The van der Waals surface area contributed by atoms with Crippen LogP contribution in [0.1, 0.15) is 78.4 Å². The van der Waals surface area contributed by atoms with Gasteiger partial charge < -0.3 is 25.1 Å². The van der Waals surface area contributed by atoms with Crippen LogP contribution in [0, 0.1) is 11.3 Å². The van der Waals surface area contributed by atoms with Gasteiger partial charge in [0.05, 0.1) is 6.54 Å². The average Bonchev–Trinajstić information content (AvgIpc) is 3.41. The summed E-state index contributed by atoms with van der Waals surface area (Å²) in [6.45, 7) is 14.8. The molecule has 0 radical (unpaired) electrons. The van der Waals surface area contributed by atoms with Crippen molar-refractivity contribution in [3.05, 3.63) is 72.3 Å². The number of oxime groups is 1. The number of fused-ring (bicyclic) bond motifs is 3. The highest BCUT2D eigenvalue weighted by Gasteiger charge is 2.62. The fourth-order valence-electron chi connectivity index (χ4n) is 7.23. The van der Waals surface area contributed by atoms with Crippen molar-refractivity contribution in [3.63, 3.8) is 0 Å². The first-order chi connectivity index (χ1) is 25.3. The first-order valence-corrected chi connectivity index (χ1v) is 19.8. The number of likely N-dealkylation sites (tertiary alicyclic amines) is 1. The molecule has 0 spiro atoms. The Kier molecular flexibility index (Phi) is 10.4. The minimum atomic E-state index is -4.10. The topological polar surface area (TPSA) is 176 Å². The minimum Gasteiger partial charge on any atom is -0.444 e. The van der Waals surface area contributed by atoms with Crippen LogP contribution in [0.3, 0.4) is 0 Å². The number of hydrogen-bond acceptors (Lipinski definition) is 9. The summed E-state index contributed by atoms with van der Waals surface area (Å²) in [6, 6.07) is 13.4. The molecule has 2 aromatic rings. The molecular weight excluding hydrogens is 713 g/mol. The molecule has 5 atom stereocenters. The van der Waals surface area contributed by atoms with Gasteiger partial charge in [0.2, 0.25) is 11.8 Å². The lowest BCUT2D eigenvalue weighted by atomic mass is 9.85. The van der Waals surface area contributed by atoms with E-state index in [2.05, 4.69) is 27.1 Å². The van der Waals surface area contributed by atoms with Crippen LogP contribution >= 0.6 is 0 Å². The van der Waals surface area contributed by atoms with Crippen molar-refractivity contribution in [2.45, 2.75) is 96.6 Å². The Morgan fingerprint density at radius 1 is 0.981 bits per heavy atom. The highest BCUT2D eigenvalue weighted by Crippen LogP contribution is 2.47. The van der Waals surface area contributed by atoms with Crippen LogP contribution < -0.4 is 15.4 Å². The molecule has 6 rings (SSSR count). The zero-order valence-corrected chi connectivity index (χ0v) is 32.5. The van der Waals surface area contributed by atoms with Crippen LogP contribution in [0.25, 0.3) is 11.1 Å². The third kappa shape index (κ3) is 7.88. The van der Waals surface area contributed by atoms with Crippen LogP contribution in [0.15, 0.2) is 66.3 Å². The Balaban J connectivity index is 1.29. The number of carbonyl (C=O) groups excluding carboxylic acids is 4. The molecule has 0 bridgehead atoms. The Hall–Kier alpha value is -4.76. The largest absolute Gasteiger partial charge is 0.444 e. The quantitative estimate of drug-likeness (QED) is 0.195. The first-order valence-electron chi connectivity index (χ1n) is 18.3. The van der Waals surface area contributed by atoms with E-state index in [4.69, 9.17) is 9.57 Å². The number of amides is 4. The van der Waals surface area contributed by atoms with E-state index in [0.717, 1.165) is 26.6 Å². The predicted octanol–water partition coefficient (Wildman–Crippen LogP) is 3.86. The van der Waals surface area contributed by atoms with Crippen molar-refractivity contribution in [1.82, 2.24) is 24.6 Å². The number of allylic oxidation sites excluding steroid dienone is 1. The van der Waals surface area contributed by atoms with Gasteiger partial charge in [0.25, 0.3) is 5.91 Å². The second-order valence-corrected chi connectivity index (χ2v) is 18.2. The van der Waals surface area contributed by atoms with Gasteiger partial charge in [0.1, 0.15) is 35.0 Å². The summed E-state index contributed by atoms with van der Waals surface area (Å²) in [4.78, 5) is 63.1. The Morgan fingerprint density at radius 2 is 1.57 bits per heavy atom. The molecule has 3 N–H and O–H groups in total. The molecule has 1 saturated carbocycles. The Labute approximate surface area is 316 Å². The number of hydrogen-bond donors (Lipinski definition) is 3. The fourth-order valence-corrected chi connectivity index (χ4v) is 8.52. The van der Waals surface area contributed by atoms with Gasteiger partial charge in [-0.05, 0) is 62.5 Å². The van der Waals surface area contributed by atoms with E-state index < -0.39 is 74.7 Å². The predicted molar refractivity (Wildman–Crippen MR) is 202 cm³/mol. The molecule has 290 valence electrons. The normalized spacial score (nSPS) is 23.9. The number of nitrogens with zero attached hydrogens (tertiary/aromatic N) is 3. The van der Waals surface area contributed by atoms with E-state index in [1.165, 1.54) is 4.90 Å². The fraction of sp³-hybridized carbons (Fsp3) is 0.513. The SMILES string of the molecule is C=CC[C@@H]1C[C@]1(NC(=O)[C@@H]1C[C@@H](ON=C2c3ccccc3-c3ccccc32)CN1C(=O)[C@@H](NC(=O)OC(C)(C)C)C(C)(C)C)C(=O)NS(=O)(=O)N1CCC1. The van der Waals surface area contributed by atoms with Crippen molar-refractivity contribution < 1.29 is 37.2 Å². The van der Waals surface area contributed by atoms with E-state index in [9.17, 15) is 27.6 Å². The number of carbonyl (C=O) groups is 4. The maximum absolute atomic E-state index is 14.5. The lowest BCUT2D eigenvalue weighted by Gasteiger charge is -2.36. The number of benzene rings is 2. The second-order valence-electron chi connectivity index (χ2n) is 16.5. The van der Waals surface area contributed by atoms with Gasteiger partial charge in [-0.2, -0.15) is 12.7 Å². The maximum Gasteiger partial charge on any atom is 0.408 e. The van der Waals surface area contributed by atoms with Crippen LogP contribution in [0.4, 0.5) is 4.79 Å². The summed E-state index contributed by atoms with van der Waals surface area (Å²) in [5.74, 6) is -2.47. The van der Waals surface area contributed by atoms with Crippen molar-refractivity contribution in [2.75, 3.05) is 19.6 Å². The molecule has 54 heavy (non-hydrogen) atoms. The molecule has 2 aliphatic carbocycles. The number of nitrogens with one attached hydrogen (secondary N) is 3. The Morgan fingerprint density at radius 3 is 2.09 bits per heavy atom. The van der Waals surface area contributed by atoms with Gasteiger partial charge >= 0.3 is 16.3 Å². The second kappa shape index (κ2) is 14.5. The number of rotatable bonds is 11. The van der Waals surface area contributed by atoms with Crippen molar-refractivity contribution in [1.29, 1.82) is 0 Å². The Bertz CT molecular complexity index is 1930. The summed E-state index contributed by atoms with van der Waals surface area (Å²) >= 11 is 0. The van der Waals surface area contributed by atoms with Gasteiger partial charge in [0.15, 0.2) is 0 Å². The average molecular weight is 763 g/mol. The van der Waals surface area contributed by atoms with Gasteiger partial charge in [-0.1, -0.05) is 80.5 Å². The van der Waals surface area contributed by atoms with Crippen molar-refractivity contribution in [3.8, 4) is 11.1 Å². The van der Waals surface area contributed by atoms with Gasteiger partial charge in [0, 0.05) is 30.6 Å². The zero-order valence-electron chi connectivity index (χ0n) is 31.7. The van der Waals surface area contributed by atoms with E-state index in [1.807, 2.05) is 48.5 Å². The molecule has 2 aromatic carbocycles. The molecular formula is C39H50N6O8S. The zero-order chi connectivity index (χ0) is 39.2. The van der Waals surface area contributed by atoms with E-state index in [0.29, 0.717) is 31.6 Å². The van der Waals surface area contributed by atoms with Crippen LogP contribution in [0.2, 0.25) is 0 Å². The van der Waals surface area contributed by atoms with Crippen molar-refractivity contribution in [2.24, 2.45) is 16.5 Å². The minimum absolute atomic E-state index is 0.0108. The molecule has 4 aliphatic rings. The smallest absolute Gasteiger partial charge is 0.408 e. The molecule has 2 aliphatic heterocycles. The van der Waals surface area contributed by atoms with E-state index in [-0.39, 0.29) is 19.4 Å². The lowest BCUT2D eigenvalue weighted by Crippen LogP contribution is -2.61. The number of ether oxygens (including phenoxy) is 1. The highest BCUT2D eigenvalue weighted by atomic mass is 32.2. The van der Waals surface area contributed by atoms with Crippen LogP contribution in [-0.4, -0.2) is 96.1 Å². The van der Waals surface area contributed by atoms with Gasteiger partial charge in [-0.3, -0.25) is 14.4 Å². The third-order valence-corrected chi connectivity index (χ3v) is 11.7. The summed E-state index contributed by atoms with van der Waals surface area (Å²) in [5.41, 5.74) is 1.23. The molecule has 15 heteroatoms. The van der Waals surface area contributed by atoms with E-state index >= 15 is 0 Å². The molecule has 4 amide bonds. The van der Waals surface area contributed by atoms with Crippen molar-refractivity contribution >= 4 is 39.7 Å². The molecule has 0 aromatic heterocycles. The molecule has 14 nitrogen and oxygen atoms in total. The molecule has 0 unspecified atom stereocenters. The maximum atomic E-state index is 14.5. The summed E-state index contributed by atoms with van der Waals surface area (Å²) < 4.78 is 34.6. The van der Waals surface area contributed by atoms with Gasteiger partial charge in [-0.25, -0.2) is 9.52 Å². The molecule has 2 saturated heterocycles. The molecule has 3 fully saturated rings. The first kappa shape index (κ1) is 38.9. The standard InChI is InChI=1S/C39H50N6O8S/c1-8-14-24-22-39(24,35(48)43-54(50,51)44-19-13-20-44)41-33(46)30-21-25(23-45(30)34(47)32(37(2,3)4)40-36(49)52-38(5,6)7)53-42-31-28-17-11-9-15-26(28)27-16-10-12-18-29(27)31/h8-12,15-18,24-25,30,32H,1,13-14,19-23H2,2-7H3,(H,40,49)(H,41,46)(H,43,48)/t24-,25-,30+,32-,39-/m1/s1. The highest BCUT2D eigenvalue weighted by molar-refractivity contribution is 7.87. The third-order valence-electron chi connectivity index (χ3n) is 10.3. The monoisotopic (exact) mass is 762 g/mol.